The molecule has 0 saturated heterocycles. The van der Waals surface area contributed by atoms with Crippen LogP contribution in [0.3, 0.4) is 0 Å². The van der Waals surface area contributed by atoms with E-state index in [4.69, 9.17) is 4.42 Å². The highest BCUT2D eigenvalue weighted by molar-refractivity contribution is 5.55. The molecule has 0 saturated carbocycles. The number of nitrogens with zero attached hydrogens (tertiary/aromatic N) is 2. The molecule has 128 valence electrons. The maximum Gasteiger partial charge on any atom is 0.159 e. The van der Waals surface area contributed by atoms with E-state index in [1.807, 2.05) is 18.4 Å². The van der Waals surface area contributed by atoms with Crippen molar-refractivity contribution < 1.29 is 4.42 Å². The van der Waals surface area contributed by atoms with Gasteiger partial charge < -0.3 is 4.42 Å². The van der Waals surface area contributed by atoms with Crippen LogP contribution in [0.4, 0.5) is 0 Å². The van der Waals surface area contributed by atoms with Crippen LogP contribution in [0.25, 0.3) is 17.5 Å². The minimum absolute atomic E-state index is 0.422. The summed E-state index contributed by atoms with van der Waals surface area (Å²) in [7, 11) is 0. The van der Waals surface area contributed by atoms with Gasteiger partial charge in [0.15, 0.2) is 5.82 Å². The molecular weight excluding hydrogens is 308 g/mol. The summed E-state index contributed by atoms with van der Waals surface area (Å²) in [6, 6.07) is 12.5. The lowest BCUT2D eigenvalue weighted by Gasteiger charge is -2.11. The van der Waals surface area contributed by atoms with Gasteiger partial charge in [-0.1, -0.05) is 51.1 Å². The topological polar surface area (TPSA) is 38.9 Å². The van der Waals surface area contributed by atoms with Crippen LogP contribution in [0.1, 0.15) is 43.6 Å². The molecule has 0 radical (unpaired) electrons. The number of benzene rings is 1. The molecule has 3 heteroatoms. The van der Waals surface area contributed by atoms with Crippen molar-refractivity contribution in [1.82, 2.24) is 9.97 Å². The minimum Gasteiger partial charge on any atom is -0.465 e. The molecule has 3 aromatic rings. The SMILES string of the molecule is CC(C)/C=C/c1cc(CC(C)c2ccc(-c3ncccn3)cc2)co1. The molecule has 2 aromatic heterocycles. The molecule has 0 aliphatic rings. The van der Waals surface area contributed by atoms with Crippen LogP contribution < -0.4 is 0 Å². The van der Waals surface area contributed by atoms with E-state index in [0.29, 0.717) is 11.8 Å². The van der Waals surface area contributed by atoms with Crippen molar-refractivity contribution in [3.63, 3.8) is 0 Å². The summed E-state index contributed by atoms with van der Waals surface area (Å²) in [6.45, 7) is 6.56. The molecule has 0 amide bonds. The van der Waals surface area contributed by atoms with Crippen LogP contribution >= 0.6 is 0 Å². The summed E-state index contributed by atoms with van der Waals surface area (Å²) in [4.78, 5) is 8.59. The molecule has 0 fully saturated rings. The van der Waals surface area contributed by atoms with Crippen molar-refractivity contribution in [2.45, 2.75) is 33.1 Å². The van der Waals surface area contributed by atoms with Crippen LogP contribution in [-0.2, 0) is 6.42 Å². The van der Waals surface area contributed by atoms with Gasteiger partial charge in [-0.25, -0.2) is 9.97 Å². The van der Waals surface area contributed by atoms with Gasteiger partial charge in [-0.15, -0.1) is 0 Å². The first-order chi connectivity index (χ1) is 12.1. The average molecular weight is 332 g/mol. The predicted octanol–water partition coefficient (Wildman–Crippen LogP) is 5.75. The first-order valence-corrected chi connectivity index (χ1v) is 8.75. The van der Waals surface area contributed by atoms with Crippen molar-refractivity contribution in [1.29, 1.82) is 0 Å². The highest BCUT2D eigenvalue weighted by Crippen LogP contribution is 2.24. The van der Waals surface area contributed by atoms with Gasteiger partial charge in [0.2, 0.25) is 0 Å². The molecule has 0 N–H and O–H groups in total. The number of rotatable bonds is 6. The number of allylic oxidation sites excluding steroid dienone is 1. The maximum absolute atomic E-state index is 5.63. The minimum atomic E-state index is 0.422. The Balaban J connectivity index is 1.66. The van der Waals surface area contributed by atoms with Crippen LogP contribution in [-0.4, -0.2) is 9.97 Å². The lowest BCUT2D eigenvalue weighted by molar-refractivity contribution is 0.551. The fourth-order valence-corrected chi connectivity index (χ4v) is 2.76. The largest absolute Gasteiger partial charge is 0.465 e. The van der Waals surface area contributed by atoms with E-state index >= 15 is 0 Å². The van der Waals surface area contributed by atoms with E-state index in [2.05, 4.69) is 67.1 Å². The third-order valence-corrected chi connectivity index (χ3v) is 4.17. The Morgan fingerprint density at radius 1 is 1.04 bits per heavy atom. The lowest BCUT2D eigenvalue weighted by atomic mass is 9.94. The van der Waals surface area contributed by atoms with Gasteiger partial charge in [-0.3, -0.25) is 0 Å². The Hall–Kier alpha value is -2.68. The molecule has 1 aromatic carbocycles. The van der Waals surface area contributed by atoms with Crippen molar-refractivity contribution in [2.24, 2.45) is 5.92 Å². The predicted molar refractivity (Wildman–Crippen MR) is 102 cm³/mol. The molecule has 0 aliphatic carbocycles. The fourth-order valence-electron chi connectivity index (χ4n) is 2.76. The van der Waals surface area contributed by atoms with Gasteiger partial charge in [0.1, 0.15) is 5.76 Å². The zero-order chi connectivity index (χ0) is 17.6. The third kappa shape index (κ3) is 4.66. The molecule has 1 atom stereocenters. The third-order valence-electron chi connectivity index (χ3n) is 4.17. The van der Waals surface area contributed by atoms with Crippen molar-refractivity contribution >= 4 is 6.08 Å². The zero-order valence-electron chi connectivity index (χ0n) is 15.0. The van der Waals surface area contributed by atoms with Crippen molar-refractivity contribution in [3.05, 3.63) is 78.0 Å². The summed E-state index contributed by atoms with van der Waals surface area (Å²) in [6.07, 6.45) is 10.6. The summed E-state index contributed by atoms with van der Waals surface area (Å²) >= 11 is 0. The van der Waals surface area contributed by atoms with E-state index in [0.717, 1.165) is 23.6 Å². The van der Waals surface area contributed by atoms with Gasteiger partial charge in [0, 0.05) is 18.0 Å². The molecule has 0 bridgehead atoms. The molecule has 3 nitrogen and oxygen atoms in total. The van der Waals surface area contributed by atoms with Gasteiger partial charge >= 0.3 is 0 Å². The number of hydrogen-bond donors (Lipinski definition) is 0. The van der Waals surface area contributed by atoms with E-state index in [1.165, 1.54) is 11.1 Å². The summed E-state index contributed by atoms with van der Waals surface area (Å²) < 4.78 is 5.63. The second-order valence-corrected chi connectivity index (χ2v) is 6.76. The Bertz CT molecular complexity index is 817. The van der Waals surface area contributed by atoms with Gasteiger partial charge in [0.05, 0.1) is 6.26 Å². The Kier molecular flexibility index (Phi) is 5.44. The van der Waals surface area contributed by atoms with Crippen molar-refractivity contribution in [2.75, 3.05) is 0 Å². The van der Waals surface area contributed by atoms with Gasteiger partial charge in [0.25, 0.3) is 0 Å². The van der Waals surface area contributed by atoms with E-state index in [9.17, 15) is 0 Å². The number of furan rings is 1. The smallest absolute Gasteiger partial charge is 0.159 e. The zero-order valence-corrected chi connectivity index (χ0v) is 15.0. The van der Waals surface area contributed by atoms with E-state index < -0.39 is 0 Å². The first kappa shape index (κ1) is 17.2. The van der Waals surface area contributed by atoms with Gasteiger partial charge in [-0.05, 0) is 47.6 Å². The Labute approximate surface area is 149 Å². The molecule has 25 heavy (non-hydrogen) atoms. The molecule has 3 rings (SSSR count). The highest BCUT2D eigenvalue weighted by atomic mass is 16.3. The summed E-state index contributed by atoms with van der Waals surface area (Å²) in [5.41, 5.74) is 3.58. The van der Waals surface area contributed by atoms with Crippen LogP contribution in [0.5, 0.6) is 0 Å². The lowest BCUT2D eigenvalue weighted by Crippen LogP contribution is -1.97. The Morgan fingerprint density at radius 3 is 2.44 bits per heavy atom. The van der Waals surface area contributed by atoms with E-state index in [-0.39, 0.29) is 0 Å². The molecule has 2 heterocycles. The first-order valence-electron chi connectivity index (χ1n) is 8.75. The second kappa shape index (κ2) is 7.93. The van der Waals surface area contributed by atoms with Crippen LogP contribution in [0.2, 0.25) is 0 Å². The monoisotopic (exact) mass is 332 g/mol. The summed E-state index contributed by atoms with van der Waals surface area (Å²) in [5, 5.41) is 0. The molecule has 1 unspecified atom stereocenters. The number of hydrogen-bond acceptors (Lipinski definition) is 3. The quantitative estimate of drug-likeness (QED) is 0.577. The normalized spacial score (nSPS) is 12.8. The molecular formula is C22H24N2O. The molecule has 0 spiro atoms. The van der Waals surface area contributed by atoms with Gasteiger partial charge in [-0.2, -0.15) is 0 Å². The van der Waals surface area contributed by atoms with Crippen molar-refractivity contribution in [3.8, 4) is 11.4 Å². The van der Waals surface area contributed by atoms with Crippen LogP contribution in [0.15, 0.2) is 65.5 Å². The van der Waals surface area contributed by atoms with Crippen LogP contribution in [0, 0.1) is 5.92 Å². The summed E-state index contributed by atoms with van der Waals surface area (Å²) in [5.74, 6) is 2.63. The number of aromatic nitrogens is 2. The highest BCUT2D eigenvalue weighted by Gasteiger charge is 2.10. The maximum atomic E-state index is 5.63. The molecule has 0 aliphatic heterocycles. The van der Waals surface area contributed by atoms with E-state index in [1.54, 1.807) is 12.4 Å². The average Bonchev–Trinajstić information content (AvgIpc) is 3.08. The Morgan fingerprint density at radius 2 is 1.76 bits per heavy atom. The second-order valence-electron chi connectivity index (χ2n) is 6.76. The fraction of sp³-hybridized carbons (Fsp3) is 0.273. The standard InChI is InChI=1S/C22H24N2O/c1-16(2)5-10-21-14-18(15-25-21)13-17(3)19-6-8-20(9-7-19)22-23-11-4-12-24-22/h4-12,14-17H,13H2,1-3H3/b10-5+.